The van der Waals surface area contributed by atoms with Gasteiger partial charge < -0.3 is 0 Å². The molecule has 0 spiro atoms. The summed E-state index contributed by atoms with van der Waals surface area (Å²) >= 11 is -2.30. The van der Waals surface area contributed by atoms with E-state index in [0.717, 1.165) is 0 Å². The first kappa shape index (κ1) is 56.5. The molecule has 0 aliphatic carbocycles. The van der Waals surface area contributed by atoms with Gasteiger partial charge in [0, 0.05) is 0 Å². The molecule has 0 radical (unpaired) electrons. The van der Waals surface area contributed by atoms with Gasteiger partial charge in [-0.1, -0.05) is 0 Å². The maximum atomic E-state index is 2.73. The molecule has 0 N–H and O–H groups in total. The van der Waals surface area contributed by atoms with E-state index in [1.54, 1.807) is 16.7 Å². The second-order valence-corrected chi connectivity index (χ2v) is 26.2. The second kappa shape index (κ2) is 23.5. The Morgan fingerprint density at radius 2 is 0.438 bits per heavy atom. The molecule has 0 amide bonds. The van der Waals surface area contributed by atoms with Crippen LogP contribution in [0.2, 0.25) is 0 Å². The zero-order valence-electron chi connectivity index (χ0n) is 45.8. The molecule has 0 aliphatic rings. The van der Waals surface area contributed by atoms with Crippen LogP contribution in [0.25, 0.3) is 0 Å². The van der Waals surface area contributed by atoms with Crippen molar-refractivity contribution in [2.45, 2.75) is 253 Å². The molecule has 0 bridgehead atoms. The molecule has 3 aromatic rings. The Kier molecular flexibility index (Phi) is 20.7. The Morgan fingerprint density at radius 3 is 0.578 bits per heavy atom. The van der Waals surface area contributed by atoms with E-state index >= 15 is 0 Å². The first-order valence-electron chi connectivity index (χ1n) is 27.4. The zero-order chi connectivity index (χ0) is 48.1. The summed E-state index contributed by atoms with van der Waals surface area (Å²) in [6, 6.07) is 38.0. The van der Waals surface area contributed by atoms with Gasteiger partial charge in [-0.15, -0.1) is 0 Å². The maximum absolute atomic E-state index is 2.73. The van der Waals surface area contributed by atoms with E-state index in [1.807, 2.05) is 0 Å². The minimum atomic E-state index is -2.30. The summed E-state index contributed by atoms with van der Waals surface area (Å²) in [5, 5.41) is 0. The van der Waals surface area contributed by atoms with Gasteiger partial charge in [0.15, 0.2) is 0 Å². The van der Waals surface area contributed by atoms with Crippen LogP contribution in [0, 0.1) is 32.5 Å². The first-order valence-corrected chi connectivity index (χ1v) is 29.3. The van der Waals surface area contributed by atoms with E-state index in [9.17, 15) is 0 Å². The van der Waals surface area contributed by atoms with Crippen LogP contribution in [0.5, 0.6) is 0 Å². The summed E-state index contributed by atoms with van der Waals surface area (Å²) < 4.78 is -0.294. The van der Waals surface area contributed by atoms with Gasteiger partial charge in [0.2, 0.25) is 0 Å². The number of hydrogen-bond donors (Lipinski definition) is 0. The summed E-state index contributed by atoms with van der Waals surface area (Å²) in [7, 11) is 0. The van der Waals surface area contributed by atoms with Gasteiger partial charge in [-0.3, -0.25) is 0 Å². The molecule has 3 rings (SSSR count). The summed E-state index contributed by atoms with van der Waals surface area (Å²) in [6.45, 7) is 47.3. The standard InChI is InChI=1S/3C21H35.Cr/c3*1-7-20(6,8-2)17-19(18-15-13-12-14-16-18)21(9-3,10-4)11-5;/h3*12-16H,7-11,17H2,1-6H3;. The predicted octanol–water partition coefficient (Wildman–Crippen LogP) is 20.6. The minimum absolute atomic E-state index is 0.0657. The molecular weight excluding hydrogens is 809 g/mol. The van der Waals surface area contributed by atoms with Crippen molar-refractivity contribution in [2.24, 2.45) is 32.5 Å². The fraction of sp³-hybridized carbons (Fsp3) is 0.714. The van der Waals surface area contributed by atoms with Crippen molar-refractivity contribution < 1.29 is 14.1 Å². The van der Waals surface area contributed by atoms with Crippen LogP contribution in [0.15, 0.2) is 91.0 Å². The Morgan fingerprint density at radius 1 is 0.266 bits per heavy atom. The molecule has 0 heterocycles. The van der Waals surface area contributed by atoms with Crippen molar-refractivity contribution in [2.75, 3.05) is 0 Å². The van der Waals surface area contributed by atoms with Gasteiger partial charge in [0.25, 0.3) is 0 Å². The van der Waals surface area contributed by atoms with Crippen LogP contribution < -0.4 is 0 Å². The van der Waals surface area contributed by atoms with Crippen molar-refractivity contribution in [1.29, 1.82) is 0 Å². The molecule has 363 valence electrons. The summed E-state index contributed by atoms with van der Waals surface area (Å²) in [5.74, 6) is 0. The average Bonchev–Trinajstić information content (AvgIpc) is 3.36. The Bertz CT molecular complexity index is 1500. The molecule has 0 fully saturated rings. The molecule has 64 heavy (non-hydrogen) atoms. The van der Waals surface area contributed by atoms with E-state index in [0.29, 0.717) is 0 Å². The summed E-state index contributed by atoms with van der Waals surface area (Å²) in [6.07, 6.45) is 21.7. The number of rotatable bonds is 30. The second-order valence-electron chi connectivity index (χ2n) is 22.0. The molecule has 0 aliphatic heterocycles. The van der Waals surface area contributed by atoms with Crippen LogP contribution in [-0.2, 0) is 27.0 Å². The van der Waals surface area contributed by atoms with Crippen LogP contribution in [0.3, 0.4) is 0 Å². The van der Waals surface area contributed by atoms with Crippen LogP contribution >= 0.6 is 0 Å². The third kappa shape index (κ3) is 9.60. The number of benzene rings is 3. The molecule has 3 aromatic carbocycles. The number of hydrogen-bond acceptors (Lipinski definition) is 0. The Labute approximate surface area is 405 Å². The van der Waals surface area contributed by atoms with Gasteiger partial charge in [0.1, 0.15) is 0 Å². The molecule has 1 heteroatoms. The molecule has 0 saturated heterocycles. The van der Waals surface area contributed by atoms with Crippen LogP contribution in [-0.4, -0.2) is 0 Å². The van der Waals surface area contributed by atoms with Crippen molar-refractivity contribution in [3.05, 3.63) is 108 Å². The van der Waals surface area contributed by atoms with E-state index in [1.165, 1.54) is 116 Å². The fourth-order valence-corrected chi connectivity index (χ4v) is 25.0. The third-order valence-corrected chi connectivity index (χ3v) is 27.6. The van der Waals surface area contributed by atoms with Gasteiger partial charge in [-0.25, -0.2) is 0 Å². The van der Waals surface area contributed by atoms with Crippen molar-refractivity contribution in [1.82, 2.24) is 0 Å². The zero-order valence-corrected chi connectivity index (χ0v) is 47.1. The van der Waals surface area contributed by atoms with Crippen LogP contribution in [0.4, 0.5) is 0 Å². The Hall–Kier alpha value is -1.81. The van der Waals surface area contributed by atoms with Gasteiger partial charge in [-0.05, 0) is 0 Å². The summed E-state index contributed by atoms with van der Waals surface area (Å²) in [4.78, 5) is 0. The predicted molar refractivity (Wildman–Crippen MR) is 284 cm³/mol. The first-order chi connectivity index (χ1) is 30.5. The van der Waals surface area contributed by atoms with E-state index < -0.39 is 14.1 Å². The van der Waals surface area contributed by atoms with Crippen LogP contribution in [0.1, 0.15) is 257 Å². The SMILES string of the molecule is CCC(C)(CC)C[C](c1ccccc1)([Cr]([C](CC(C)(CC)CC)(c1ccccc1)C(CC)(CC)CC)[C](CC(C)(CC)CC)(c1ccccc1)C(CC)(CC)CC)C(CC)(CC)CC. The van der Waals surface area contributed by atoms with Gasteiger partial charge in [-0.2, -0.15) is 0 Å². The van der Waals surface area contributed by atoms with Crippen molar-refractivity contribution >= 4 is 0 Å². The fourth-order valence-electron chi connectivity index (χ4n) is 14.1. The van der Waals surface area contributed by atoms with Gasteiger partial charge in [0.05, 0.1) is 0 Å². The molecular formula is C63H105Cr. The molecule has 0 aromatic heterocycles. The third-order valence-electron chi connectivity index (χ3n) is 20.6. The Balaban J connectivity index is 3.40. The van der Waals surface area contributed by atoms with E-state index in [2.05, 4.69) is 216 Å². The topological polar surface area (TPSA) is 0 Å². The van der Waals surface area contributed by atoms with Gasteiger partial charge >= 0.3 is 407 Å². The normalized spacial score (nSPS) is 16.4. The van der Waals surface area contributed by atoms with Crippen molar-refractivity contribution in [3.63, 3.8) is 0 Å². The van der Waals surface area contributed by atoms with E-state index in [-0.39, 0.29) is 45.3 Å². The molecule has 3 atom stereocenters. The quantitative estimate of drug-likeness (QED) is 0.0625. The molecule has 0 nitrogen and oxygen atoms in total. The molecule has 0 saturated carbocycles. The monoisotopic (exact) mass is 914 g/mol. The molecule has 3 unspecified atom stereocenters. The van der Waals surface area contributed by atoms with E-state index in [4.69, 9.17) is 0 Å². The summed E-state index contributed by atoms with van der Waals surface area (Å²) in [5.41, 5.74) is 5.71. The van der Waals surface area contributed by atoms with Crippen molar-refractivity contribution in [3.8, 4) is 0 Å². The average molecular weight is 915 g/mol.